The van der Waals surface area contributed by atoms with E-state index < -0.39 is 22.7 Å². The fourth-order valence-corrected chi connectivity index (χ4v) is 3.02. The van der Waals surface area contributed by atoms with E-state index in [0.29, 0.717) is 11.5 Å². The molecule has 1 heterocycles. The third kappa shape index (κ3) is 4.74. The van der Waals surface area contributed by atoms with Crippen molar-refractivity contribution in [3.8, 4) is 11.5 Å². The minimum atomic E-state index is -0.652. The van der Waals surface area contributed by atoms with Crippen LogP contribution in [0.5, 0.6) is 11.5 Å². The van der Waals surface area contributed by atoms with Crippen LogP contribution in [-0.4, -0.2) is 48.4 Å². The van der Waals surface area contributed by atoms with Gasteiger partial charge in [-0.25, -0.2) is 4.98 Å². The van der Waals surface area contributed by atoms with Gasteiger partial charge in [-0.3, -0.25) is 19.4 Å². The molecule has 1 atom stereocenters. The molecule has 0 saturated heterocycles. The number of nitrogens with one attached hydrogen (secondary N) is 2. The molecule has 11 heteroatoms. The summed E-state index contributed by atoms with van der Waals surface area (Å²) >= 11 is 0.973. The van der Waals surface area contributed by atoms with Gasteiger partial charge >= 0.3 is 5.97 Å². The maximum Gasteiger partial charge on any atom is 0.318 e. The summed E-state index contributed by atoms with van der Waals surface area (Å²) in [7, 11) is 4.18. The number of methoxy groups -OCH3 is 3. The molecule has 0 aliphatic heterocycles. The van der Waals surface area contributed by atoms with E-state index in [-0.39, 0.29) is 22.2 Å². The van der Waals surface area contributed by atoms with Gasteiger partial charge in [0.05, 0.1) is 21.3 Å². The van der Waals surface area contributed by atoms with Gasteiger partial charge in [-0.15, -0.1) is 0 Å². The maximum absolute atomic E-state index is 12.5. The Hall–Kier alpha value is -3.21. The Kier molecular flexibility index (Phi) is 6.88. The van der Waals surface area contributed by atoms with Crippen LogP contribution < -0.4 is 26.1 Å². The number of hydrogen-bond acceptors (Lipinski definition) is 9. The Balaban J connectivity index is 2.23. The monoisotopic (exact) mass is 408 g/mol. The van der Waals surface area contributed by atoms with E-state index in [2.05, 4.69) is 20.0 Å². The van der Waals surface area contributed by atoms with Crippen LogP contribution in [0.1, 0.15) is 17.3 Å². The van der Waals surface area contributed by atoms with E-state index in [1.807, 2.05) is 0 Å². The summed E-state index contributed by atoms with van der Waals surface area (Å²) in [5.74, 6) is -0.421. The van der Waals surface area contributed by atoms with Gasteiger partial charge in [0.15, 0.2) is 22.5 Å². The summed E-state index contributed by atoms with van der Waals surface area (Å²) in [5.41, 5.74) is 5.19. The molecule has 0 spiro atoms. The summed E-state index contributed by atoms with van der Waals surface area (Å²) in [4.78, 5) is 42.7. The summed E-state index contributed by atoms with van der Waals surface area (Å²) in [6.07, 6.45) is 0. The normalized spacial score (nSPS) is 11.4. The van der Waals surface area contributed by atoms with Crippen molar-refractivity contribution in [2.75, 3.05) is 32.4 Å². The van der Waals surface area contributed by atoms with Gasteiger partial charge < -0.3 is 25.3 Å². The minimum Gasteiger partial charge on any atom is -0.493 e. The zero-order valence-electron chi connectivity index (χ0n) is 15.7. The largest absolute Gasteiger partial charge is 0.493 e. The van der Waals surface area contributed by atoms with Crippen LogP contribution >= 0.6 is 11.8 Å². The topological polar surface area (TPSA) is 146 Å². The smallest absolute Gasteiger partial charge is 0.318 e. The van der Waals surface area contributed by atoms with E-state index in [0.717, 1.165) is 11.8 Å². The number of nitrogen functional groups attached to an aromatic ring is 1. The van der Waals surface area contributed by atoms with Gasteiger partial charge in [-0.2, -0.15) is 0 Å². The lowest BCUT2D eigenvalue weighted by Crippen LogP contribution is -2.24. The molecule has 4 N–H and O–H groups in total. The molecule has 0 aliphatic carbocycles. The van der Waals surface area contributed by atoms with Crippen molar-refractivity contribution in [2.24, 2.45) is 0 Å². The number of esters is 1. The Morgan fingerprint density at radius 3 is 2.46 bits per heavy atom. The molecular weight excluding hydrogens is 388 g/mol. The lowest BCUT2D eigenvalue weighted by molar-refractivity contribution is -0.139. The molecule has 0 bridgehead atoms. The minimum absolute atomic E-state index is 0.129. The number of H-pyrrole nitrogens is 1. The van der Waals surface area contributed by atoms with Crippen molar-refractivity contribution in [1.29, 1.82) is 0 Å². The Labute approximate surface area is 164 Å². The quantitative estimate of drug-likeness (QED) is 0.350. The number of carbonyl (C=O) groups is 2. The number of benzene rings is 1. The van der Waals surface area contributed by atoms with Crippen LogP contribution in [-0.2, 0) is 9.53 Å². The number of carbonyl (C=O) groups excluding carboxylic acids is 2. The zero-order valence-corrected chi connectivity index (χ0v) is 16.5. The molecule has 0 fully saturated rings. The number of thioether (sulfide) groups is 1. The van der Waals surface area contributed by atoms with Crippen molar-refractivity contribution in [3.63, 3.8) is 0 Å². The Bertz CT molecular complexity index is 946. The third-order valence-corrected chi connectivity index (χ3v) is 4.59. The Morgan fingerprint density at radius 1 is 1.21 bits per heavy atom. The average molecular weight is 408 g/mol. The molecule has 0 aliphatic rings. The first-order valence-electron chi connectivity index (χ1n) is 7.98. The van der Waals surface area contributed by atoms with Gasteiger partial charge in [0.2, 0.25) is 0 Å². The summed E-state index contributed by atoms with van der Waals surface area (Å²) in [5, 5.41) is 1.96. The fourth-order valence-electron chi connectivity index (χ4n) is 2.19. The second-order valence-electron chi connectivity index (χ2n) is 5.44. The molecular formula is C17H20N4O6S. The summed E-state index contributed by atoms with van der Waals surface area (Å²) in [6.45, 7) is 1.60. The first-order valence-corrected chi connectivity index (χ1v) is 8.86. The average Bonchev–Trinajstić information content (AvgIpc) is 2.69. The SMILES string of the molecule is COC(=O)C(C)Sc1nc(N)c(NC(=O)c2ccc(OC)c(OC)c2)c(=O)[nH]1. The molecule has 0 radical (unpaired) electrons. The van der Waals surface area contributed by atoms with Crippen LogP contribution in [0, 0.1) is 0 Å². The number of rotatable bonds is 7. The van der Waals surface area contributed by atoms with Crippen molar-refractivity contribution < 1.29 is 23.8 Å². The maximum atomic E-state index is 12.5. The van der Waals surface area contributed by atoms with Gasteiger partial charge in [0.25, 0.3) is 11.5 Å². The molecule has 10 nitrogen and oxygen atoms in total. The summed E-state index contributed by atoms with van der Waals surface area (Å²) < 4.78 is 14.9. The number of hydrogen-bond donors (Lipinski definition) is 3. The van der Waals surface area contributed by atoms with E-state index in [4.69, 9.17) is 15.2 Å². The Morgan fingerprint density at radius 2 is 1.89 bits per heavy atom. The number of anilines is 2. The molecule has 28 heavy (non-hydrogen) atoms. The number of nitrogens with two attached hydrogens (primary N) is 1. The van der Waals surface area contributed by atoms with Gasteiger partial charge in [0.1, 0.15) is 10.9 Å². The molecule has 2 aromatic rings. The lowest BCUT2D eigenvalue weighted by atomic mass is 10.2. The van der Waals surface area contributed by atoms with Crippen LogP contribution in [0.2, 0.25) is 0 Å². The molecule has 150 valence electrons. The zero-order chi connectivity index (χ0) is 20.8. The highest BCUT2D eigenvalue weighted by molar-refractivity contribution is 8.00. The molecule has 0 saturated carbocycles. The highest BCUT2D eigenvalue weighted by Crippen LogP contribution is 2.28. The van der Waals surface area contributed by atoms with Crippen LogP contribution in [0.3, 0.4) is 0 Å². The lowest BCUT2D eigenvalue weighted by Gasteiger charge is -2.12. The van der Waals surface area contributed by atoms with Crippen molar-refractivity contribution in [2.45, 2.75) is 17.3 Å². The molecule has 1 aromatic heterocycles. The van der Waals surface area contributed by atoms with Crippen molar-refractivity contribution in [3.05, 3.63) is 34.1 Å². The first kappa shape index (κ1) is 21.1. The predicted octanol–water partition coefficient (Wildman–Crippen LogP) is 1.28. The molecule has 1 aromatic carbocycles. The number of aromatic amines is 1. The second-order valence-corrected chi connectivity index (χ2v) is 6.77. The van der Waals surface area contributed by atoms with Crippen LogP contribution in [0.4, 0.5) is 11.5 Å². The van der Waals surface area contributed by atoms with Crippen molar-refractivity contribution >= 4 is 35.1 Å². The van der Waals surface area contributed by atoms with Crippen molar-refractivity contribution in [1.82, 2.24) is 9.97 Å². The third-order valence-electron chi connectivity index (χ3n) is 3.63. The molecule has 1 unspecified atom stereocenters. The number of nitrogens with zero attached hydrogens (tertiary/aromatic N) is 1. The first-order chi connectivity index (χ1) is 13.3. The highest BCUT2D eigenvalue weighted by atomic mass is 32.2. The number of aromatic nitrogens is 2. The standard InChI is InChI=1S/C17H20N4O6S/c1-8(16(24)27-4)28-17-20-13(18)12(15(23)21-17)19-14(22)9-5-6-10(25-2)11(7-9)26-3/h5-8H,1-4H3,(H,19,22)(H3,18,20,21,23). The van der Waals surface area contributed by atoms with E-state index in [9.17, 15) is 14.4 Å². The van der Waals surface area contributed by atoms with E-state index in [1.54, 1.807) is 13.0 Å². The van der Waals surface area contributed by atoms with Gasteiger partial charge in [0, 0.05) is 5.56 Å². The molecule has 2 rings (SSSR count). The van der Waals surface area contributed by atoms with Gasteiger partial charge in [-0.1, -0.05) is 11.8 Å². The number of amides is 1. The van der Waals surface area contributed by atoms with Crippen LogP contribution in [0.15, 0.2) is 28.2 Å². The molecule has 1 amide bonds. The second kappa shape index (κ2) is 9.13. The van der Waals surface area contributed by atoms with Gasteiger partial charge in [-0.05, 0) is 25.1 Å². The van der Waals surface area contributed by atoms with E-state index in [1.165, 1.54) is 33.5 Å². The van der Waals surface area contributed by atoms with Crippen LogP contribution in [0.25, 0.3) is 0 Å². The summed E-state index contributed by atoms with van der Waals surface area (Å²) in [6, 6.07) is 4.54. The van der Waals surface area contributed by atoms with E-state index >= 15 is 0 Å². The fraction of sp³-hybridized carbons (Fsp3) is 0.294. The highest BCUT2D eigenvalue weighted by Gasteiger charge is 2.19. The predicted molar refractivity (Wildman–Crippen MR) is 104 cm³/mol. The number of ether oxygens (including phenoxy) is 3.